The monoisotopic (exact) mass is 515 g/mol. The van der Waals surface area contributed by atoms with Gasteiger partial charge in [0.1, 0.15) is 0 Å². The average molecular weight is 516 g/mol. The van der Waals surface area contributed by atoms with Crippen molar-refractivity contribution in [2.24, 2.45) is 0 Å². The van der Waals surface area contributed by atoms with E-state index in [-0.39, 0.29) is 24.7 Å². The normalized spacial score (nSPS) is 22.7. The van der Waals surface area contributed by atoms with Crippen molar-refractivity contribution in [1.29, 1.82) is 0 Å². The lowest BCUT2D eigenvalue weighted by Gasteiger charge is -2.35. The number of urea groups is 1. The van der Waals surface area contributed by atoms with Crippen molar-refractivity contribution in [1.82, 2.24) is 9.88 Å². The molecule has 0 saturated carbocycles. The van der Waals surface area contributed by atoms with Crippen molar-refractivity contribution >= 4 is 11.7 Å². The van der Waals surface area contributed by atoms with E-state index < -0.39 is 6.29 Å². The lowest BCUT2D eigenvalue weighted by atomic mass is 9.92. The summed E-state index contributed by atoms with van der Waals surface area (Å²) in [6.07, 6.45) is 0.776. The number of benzene rings is 2. The molecule has 2 aromatic carbocycles. The first kappa shape index (κ1) is 23.6. The maximum Gasteiger partial charge on any atom is 0.322 e. The van der Waals surface area contributed by atoms with E-state index >= 15 is 0 Å². The van der Waals surface area contributed by atoms with E-state index in [9.17, 15) is 4.79 Å². The van der Waals surface area contributed by atoms with E-state index in [1.165, 1.54) is 16.8 Å². The van der Waals surface area contributed by atoms with Crippen molar-refractivity contribution in [3.8, 4) is 33.9 Å². The number of aryl methyl sites for hydroxylation is 1. The van der Waals surface area contributed by atoms with Crippen LogP contribution in [0.3, 0.4) is 0 Å². The van der Waals surface area contributed by atoms with E-state index in [0.717, 1.165) is 64.5 Å². The molecule has 198 valence electrons. The van der Waals surface area contributed by atoms with Gasteiger partial charge >= 0.3 is 6.03 Å². The molecular formula is C30H33N3O5. The summed E-state index contributed by atoms with van der Waals surface area (Å²) in [7, 11) is 0. The van der Waals surface area contributed by atoms with Gasteiger partial charge in [0.25, 0.3) is 0 Å². The Morgan fingerprint density at radius 1 is 0.974 bits per heavy atom. The van der Waals surface area contributed by atoms with Crippen LogP contribution in [-0.2, 0) is 28.9 Å². The number of ether oxygens (including phenoxy) is 4. The summed E-state index contributed by atoms with van der Waals surface area (Å²) in [5.74, 6) is 1.58. The van der Waals surface area contributed by atoms with Crippen LogP contribution in [0.15, 0.2) is 30.3 Å². The summed E-state index contributed by atoms with van der Waals surface area (Å²) in [6.45, 7) is 11.5. The highest BCUT2D eigenvalue weighted by atomic mass is 16.9. The highest BCUT2D eigenvalue weighted by molar-refractivity contribution is 5.95. The number of hydrogen-bond donors (Lipinski definition) is 1. The van der Waals surface area contributed by atoms with Gasteiger partial charge < -0.3 is 28.8 Å². The summed E-state index contributed by atoms with van der Waals surface area (Å²) in [4.78, 5) is 14.6. The van der Waals surface area contributed by atoms with Crippen LogP contribution in [0, 0.1) is 6.92 Å². The van der Waals surface area contributed by atoms with E-state index in [1.54, 1.807) is 0 Å². The Bertz CT molecular complexity index is 1470. The summed E-state index contributed by atoms with van der Waals surface area (Å²) >= 11 is 0. The lowest BCUT2D eigenvalue weighted by Crippen LogP contribution is -2.42. The minimum absolute atomic E-state index is 0.0439. The molecule has 7 rings (SSSR count). The number of nitrogens with one attached hydrogen (secondary N) is 1. The minimum Gasteiger partial charge on any atom is -0.451 e. The topological polar surface area (TPSA) is 74.2 Å². The zero-order chi connectivity index (χ0) is 26.3. The number of hydrogen-bond acceptors (Lipinski definition) is 5. The van der Waals surface area contributed by atoms with Crippen LogP contribution >= 0.6 is 0 Å². The summed E-state index contributed by atoms with van der Waals surface area (Å²) in [5.41, 5.74) is 10.2. The molecular weight excluding hydrogens is 482 g/mol. The second-order valence-electron chi connectivity index (χ2n) is 10.9. The molecule has 1 N–H and O–H groups in total. The van der Waals surface area contributed by atoms with Crippen molar-refractivity contribution in [3.63, 3.8) is 0 Å². The maximum absolute atomic E-state index is 12.8. The first-order valence-corrected chi connectivity index (χ1v) is 13.5. The molecule has 1 saturated heterocycles. The third-order valence-corrected chi connectivity index (χ3v) is 7.96. The van der Waals surface area contributed by atoms with Gasteiger partial charge in [-0.15, -0.1) is 0 Å². The zero-order valence-electron chi connectivity index (χ0n) is 22.5. The standard InChI is InChI=1S/C30H33N3O5/c1-15(2)31-30(34)33-11-9-20-12-21(6-7-23(20)33)26-16(3)32-10-8-19-13-24-25(36-17(4)35-24)14-22(19)28(32)27(26)29-37-18(5)38-29/h6-7,12-15,17-18,29H,8-11H2,1-5H3,(H,31,34). The molecule has 1 unspecified atom stereocenters. The SMILES string of the molecule is Cc1c(-c2ccc3c(c2)CCN3C(=O)NC(C)C)c(C2OC(C)O2)c2n1CCc1cc3c(cc1-2)OC(C)O3. The number of carbonyl (C=O) groups is 1. The third-order valence-electron chi connectivity index (χ3n) is 7.96. The predicted molar refractivity (Wildman–Crippen MR) is 144 cm³/mol. The van der Waals surface area contributed by atoms with Gasteiger partial charge in [-0.3, -0.25) is 4.90 Å². The lowest BCUT2D eigenvalue weighted by molar-refractivity contribution is -0.382. The van der Waals surface area contributed by atoms with E-state index in [1.807, 2.05) is 32.6 Å². The Morgan fingerprint density at radius 3 is 2.45 bits per heavy atom. The number of fused-ring (bicyclic) bond motifs is 5. The van der Waals surface area contributed by atoms with Crippen molar-refractivity contribution in [2.45, 2.75) is 78.9 Å². The quantitative estimate of drug-likeness (QED) is 0.486. The van der Waals surface area contributed by atoms with Crippen molar-refractivity contribution in [2.75, 3.05) is 11.4 Å². The molecule has 3 aromatic rings. The van der Waals surface area contributed by atoms with Gasteiger partial charge in [0.2, 0.25) is 6.29 Å². The van der Waals surface area contributed by atoms with E-state index in [2.05, 4.69) is 47.1 Å². The largest absolute Gasteiger partial charge is 0.451 e. The fourth-order valence-electron chi connectivity index (χ4n) is 6.34. The molecule has 5 heterocycles. The molecule has 1 atom stereocenters. The summed E-state index contributed by atoms with van der Waals surface area (Å²) < 4.78 is 26.4. The van der Waals surface area contributed by atoms with Crippen molar-refractivity contribution in [3.05, 3.63) is 52.7 Å². The summed E-state index contributed by atoms with van der Waals surface area (Å²) in [6, 6.07) is 10.7. The van der Waals surface area contributed by atoms with Crippen LogP contribution in [0.4, 0.5) is 10.5 Å². The van der Waals surface area contributed by atoms with Gasteiger partial charge in [-0.2, -0.15) is 0 Å². The Labute approximate surface area is 222 Å². The zero-order valence-corrected chi connectivity index (χ0v) is 22.5. The van der Waals surface area contributed by atoms with Crippen LogP contribution in [-0.4, -0.2) is 35.8 Å². The molecule has 8 nitrogen and oxygen atoms in total. The van der Waals surface area contributed by atoms with Crippen LogP contribution in [0.5, 0.6) is 11.5 Å². The number of carbonyl (C=O) groups excluding carboxylic acids is 1. The molecule has 0 aliphatic carbocycles. The maximum atomic E-state index is 12.8. The van der Waals surface area contributed by atoms with Gasteiger partial charge in [-0.1, -0.05) is 6.07 Å². The molecule has 0 radical (unpaired) electrons. The second kappa shape index (κ2) is 8.51. The Hall–Kier alpha value is -3.49. The molecule has 4 aliphatic heterocycles. The Morgan fingerprint density at radius 2 is 1.71 bits per heavy atom. The van der Waals surface area contributed by atoms with E-state index in [0.29, 0.717) is 6.54 Å². The number of nitrogens with zero attached hydrogens (tertiary/aromatic N) is 2. The second-order valence-corrected chi connectivity index (χ2v) is 10.9. The first-order chi connectivity index (χ1) is 18.3. The fraction of sp³-hybridized carbons (Fsp3) is 0.433. The molecule has 2 amide bonds. The number of amides is 2. The number of rotatable bonds is 3. The molecule has 0 spiro atoms. The van der Waals surface area contributed by atoms with Crippen LogP contribution in [0.25, 0.3) is 22.4 Å². The summed E-state index contributed by atoms with van der Waals surface area (Å²) in [5, 5.41) is 3.02. The van der Waals surface area contributed by atoms with Gasteiger partial charge in [0, 0.05) is 54.1 Å². The van der Waals surface area contributed by atoms with Crippen molar-refractivity contribution < 1.29 is 23.7 Å². The third kappa shape index (κ3) is 3.54. The van der Waals surface area contributed by atoms with Crippen LogP contribution in [0.1, 0.15) is 56.4 Å². The fourth-order valence-corrected chi connectivity index (χ4v) is 6.34. The smallest absolute Gasteiger partial charge is 0.322 e. The predicted octanol–water partition coefficient (Wildman–Crippen LogP) is 5.68. The van der Waals surface area contributed by atoms with Crippen LogP contribution < -0.4 is 19.7 Å². The Kier molecular flexibility index (Phi) is 5.29. The number of aromatic nitrogens is 1. The number of anilines is 1. The van der Waals surface area contributed by atoms with Gasteiger partial charge in [0.15, 0.2) is 24.1 Å². The molecule has 1 fully saturated rings. The first-order valence-electron chi connectivity index (χ1n) is 13.5. The molecule has 4 aliphatic rings. The van der Waals surface area contributed by atoms with Gasteiger partial charge in [-0.25, -0.2) is 4.79 Å². The van der Waals surface area contributed by atoms with Gasteiger partial charge in [0.05, 0.1) is 5.69 Å². The molecule has 0 bridgehead atoms. The van der Waals surface area contributed by atoms with Crippen LogP contribution in [0.2, 0.25) is 0 Å². The molecule has 1 aromatic heterocycles. The van der Waals surface area contributed by atoms with Gasteiger partial charge in [-0.05, 0) is 81.5 Å². The molecule has 8 heteroatoms. The Balaban J connectivity index is 1.35. The highest BCUT2D eigenvalue weighted by Gasteiger charge is 2.39. The highest BCUT2D eigenvalue weighted by Crippen LogP contribution is 2.51. The average Bonchev–Trinajstić information content (AvgIpc) is 3.52. The van der Waals surface area contributed by atoms with E-state index in [4.69, 9.17) is 18.9 Å². The minimum atomic E-state index is -0.438. The molecule has 38 heavy (non-hydrogen) atoms.